The van der Waals surface area contributed by atoms with E-state index in [2.05, 4.69) is 43.2 Å². The first-order chi connectivity index (χ1) is 8.62. The fraction of sp³-hybridized carbons (Fsp3) is 1.00. The molecule has 0 atom stereocenters. The molecule has 3 heteroatoms. The minimum absolute atomic E-state index is 0.552. The molecule has 108 valence electrons. The number of rotatable bonds is 9. The molecule has 0 aromatic carbocycles. The summed E-state index contributed by atoms with van der Waals surface area (Å²) in [5, 5.41) is 3.43. The van der Waals surface area contributed by atoms with Gasteiger partial charge in [-0.3, -0.25) is 0 Å². The maximum Gasteiger partial charge on any atom is 0.0109 e. The molecule has 0 heterocycles. The zero-order valence-corrected chi connectivity index (χ0v) is 13.0. The van der Waals surface area contributed by atoms with Crippen molar-refractivity contribution in [2.75, 3.05) is 53.9 Å². The summed E-state index contributed by atoms with van der Waals surface area (Å²) in [6, 6.07) is 0. The van der Waals surface area contributed by atoms with Crippen LogP contribution in [0.15, 0.2) is 0 Å². The molecule has 1 rings (SSSR count). The van der Waals surface area contributed by atoms with Gasteiger partial charge in [0.2, 0.25) is 0 Å². The molecule has 3 nitrogen and oxygen atoms in total. The van der Waals surface area contributed by atoms with E-state index in [9.17, 15) is 0 Å². The molecule has 0 saturated heterocycles. The third-order valence-electron chi connectivity index (χ3n) is 4.18. The van der Waals surface area contributed by atoms with Crippen LogP contribution in [-0.2, 0) is 0 Å². The van der Waals surface area contributed by atoms with Crippen LogP contribution >= 0.6 is 0 Å². The number of nitrogens with one attached hydrogen (secondary N) is 1. The fourth-order valence-electron chi connectivity index (χ4n) is 3.29. The monoisotopic (exact) mass is 255 g/mol. The average Bonchev–Trinajstić information content (AvgIpc) is 2.75. The molecule has 1 aliphatic rings. The van der Waals surface area contributed by atoms with Gasteiger partial charge in [0.1, 0.15) is 0 Å². The average molecular weight is 255 g/mol. The molecule has 1 saturated carbocycles. The largest absolute Gasteiger partial charge is 0.319 e. The Balaban J connectivity index is 2.50. The molecule has 0 radical (unpaired) electrons. The maximum absolute atomic E-state index is 3.43. The molecular weight excluding hydrogens is 222 g/mol. The van der Waals surface area contributed by atoms with Crippen LogP contribution < -0.4 is 5.32 Å². The van der Waals surface area contributed by atoms with Crippen LogP contribution in [0, 0.1) is 5.41 Å². The summed E-state index contributed by atoms with van der Waals surface area (Å²) >= 11 is 0. The van der Waals surface area contributed by atoms with Crippen molar-refractivity contribution in [3.8, 4) is 0 Å². The molecule has 1 aliphatic carbocycles. The fourth-order valence-corrected chi connectivity index (χ4v) is 3.29. The van der Waals surface area contributed by atoms with Gasteiger partial charge < -0.3 is 15.1 Å². The standard InChI is InChI=1S/C15H33N3/c1-5-10-18(12-11-17(3)4)14-15(13-16-2)8-6-7-9-15/h16H,5-14H2,1-4H3. The van der Waals surface area contributed by atoms with Gasteiger partial charge in [0.05, 0.1) is 0 Å². The second-order valence-electron chi connectivity index (χ2n) is 6.32. The van der Waals surface area contributed by atoms with Crippen molar-refractivity contribution < 1.29 is 0 Å². The molecule has 18 heavy (non-hydrogen) atoms. The van der Waals surface area contributed by atoms with Crippen LogP contribution in [0.2, 0.25) is 0 Å². The molecule has 0 unspecified atom stereocenters. The van der Waals surface area contributed by atoms with Crippen molar-refractivity contribution in [2.24, 2.45) is 5.41 Å². The van der Waals surface area contributed by atoms with Crippen LogP contribution in [0.3, 0.4) is 0 Å². The smallest absolute Gasteiger partial charge is 0.0109 e. The van der Waals surface area contributed by atoms with E-state index in [4.69, 9.17) is 0 Å². The van der Waals surface area contributed by atoms with Crippen molar-refractivity contribution in [1.29, 1.82) is 0 Å². The zero-order valence-electron chi connectivity index (χ0n) is 13.0. The summed E-state index contributed by atoms with van der Waals surface area (Å²) < 4.78 is 0. The number of hydrogen-bond acceptors (Lipinski definition) is 3. The molecule has 0 aromatic rings. The van der Waals surface area contributed by atoms with Crippen LogP contribution in [0.25, 0.3) is 0 Å². The molecular formula is C15H33N3. The maximum atomic E-state index is 3.43. The van der Waals surface area contributed by atoms with E-state index in [0.717, 1.165) is 0 Å². The van der Waals surface area contributed by atoms with Gasteiger partial charge in [0.15, 0.2) is 0 Å². The van der Waals surface area contributed by atoms with E-state index >= 15 is 0 Å². The summed E-state index contributed by atoms with van der Waals surface area (Å²) in [6.07, 6.45) is 6.94. The van der Waals surface area contributed by atoms with Crippen molar-refractivity contribution in [3.05, 3.63) is 0 Å². The van der Waals surface area contributed by atoms with Gasteiger partial charge in [-0.05, 0) is 52.4 Å². The van der Waals surface area contributed by atoms with Crippen LogP contribution in [0.1, 0.15) is 39.0 Å². The predicted molar refractivity (Wildman–Crippen MR) is 80.1 cm³/mol. The topological polar surface area (TPSA) is 18.5 Å². The summed E-state index contributed by atoms with van der Waals surface area (Å²) in [5.74, 6) is 0. The molecule has 0 spiro atoms. The Bertz CT molecular complexity index is 210. The van der Waals surface area contributed by atoms with Crippen LogP contribution in [0.5, 0.6) is 0 Å². The highest BCUT2D eigenvalue weighted by Crippen LogP contribution is 2.38. The molecule has 0 aromatic heterocycles. The van der Waals surface area contributed by atoms with Crippen molar-refractivity contribution in [3.63, 3.8) is 0 Å². The molecule has 1 N–H and O–H groups in total. The summed E-state index contributed by atoms with van der Waals surface area (Å²) in [6.45, 7) is 8.41. The van der Waals surface area contributed by atoms with Gasteiger partial charge in [-0.1, -0.05) is 19.8 Å². The zero-order chi connectivity index (χ0) is 13.4. The van der Waals surface area contributed by atoms with Crippen LogP contribution in [-0.4, -0.2) is 63.7 Å². The first kappa shape index (κ1) is 15.9. The first-order valence-corrected chi connectivity index (χ1v) is 7.63. The Morgan fingerprint density at radius 3 is 2.22 bits per heavy atom. The predicted octanol–water partition coefficient (Wildman–Crippen LogP) is 2.04. The second-order valence-corrected chi connectivity index (χ2v) is 6.32. The Labute approximate surface area is 114 Å². The Morgan fingerprint density at radius 2 is 1.72 bits per heavy atom. The summed E-state index contributed by atoms with van der Waals surface area (Å²) in [4.78, 5) is 4.98. The van der Waals surface area contributed by atoms with Gasteiger partial charge in [0.25, 0.3) is 0 Å². The number of likely N-dealkylation sites (N-methyl/N-ethyl adjacent to an activating group) is 1. The highest BCUT2D eigenvalue weighted by molar-refractivity contribution is 4.89. The second kappa shape index (κ2) is 8.13. The first-order valence-electron chi connectivity index (χ1n) is 7.63. The Morgan fingerprint density at radius 1 is 1.06 bits per heavy atom. The van der Waals surface area contributed by atoms with E-state index in [1.165, 1.54) is 64.8 Å². The Kier molecular flexibility index (Phi) is 7.20. The quantitative estimate of drug-likeness (QED) is 0.680. The van der Waals surface area contributed by atoms with Crippen molar-refractivity contribution in [2.45, 2.75) is 39.0 Å². The molecule has 0 amide bonds. The normalized spacial score (nSPS) is 19.0. The van der Waals surface area contributed by atoms with Gasteiger partial charge in [-0.25, -0.2) is 0 Å². The van der Waals surface area contributed by atoms with Gasteiger partial charge >= 0.3 is 0 Å². The third-order valence-corrected chi connectivity index (χ3v) is 4.18. The lowest BCUT2D eigenvalue weighted by molar-refractivity contribution is 0.141. The third kappa shape index (κ3) is 5.25. The highest BCUT2D eigenvalue weighted by Gasteiger charge is 2.34. The molecule has 1 fully saturated rings. The lowest BCUT2D eigenvalue weighted by Gasteiger charge is -2.36. The molecule has 0 bridgehead atoms. The number of hydrogen-bond donors (Lipinski definition) is 1. The SMILES string of the molecule is CCCN(CCN(C)C)CC1(CNC)CCCC1. The summed E-state index contributed by atoms with van der Waals surface area (Å²) in [5.41, 5.74) is 0.552. The van der Waals surface area contributed by atoms with E-state index < -0.39 is 0 Å². The van der Waals surface area contributed by atoms with E-state index in [1.54, 1.807) is 0 Å². The molecule has 0 aliphatic heterocycles. The highest BCUT2D eigenvalue weighted by atomic mass is 15.2. The van der Waals surface area contributed by atoms with Crippen molar-refractivity contribution >= 4 is 0 Å². The van der Waals surface area contributed by atoms with Gasteiger partial charge in [-0.15, -0.1) is 0 Å². The van der Waals surface area contributed by atoms with Crippen molar-refractivity contribution in [1.82, 2.24) is 15.1 Å². The van der Waals surface area contributed by atoms with E-state index in [1.807, 2.05) is 0 Å². The minimum atomic E-state index is 0.552. The van der Waals surface area contributed by atoms with Gasteiger partial charge in [-0.2, -0.15) is 0 Å². The summed E-state index contributed by atoms with van der Waals surface area (Å²) in [7, 11) is 6.44. The lowest BCUT2D eigenvalue weighted by atomic mass is 9.85. The van der Waals surface area contributed by atoms with E-state index in [0.29, 0.717) is 5.41 Å². The van der Waals surface area contributed by atoms with E-state index in [-0.39, 0.29) is 0 Å². The number of nitrogens with zero attached hydrogens (tertiary/aromatic N) is 2. The van der Waals surface area contributed by atoms with Crippen LogP contribution in [0.4, 0.5) is 0 Å². The lowest BCUT2D eigenvalue weighted by Crippen LogP contribution is -2.44. The Hall–Kier alpha value is -0.120. The van der Waals surface area contributed by atoms with Gasteiger partial charge in [0, 0.05) is 26.2 Å². The minimum Gasteiger partial charge on any atom is -0.319 e.